The fourth-order valence-corrected chi connectivity index (χ4v) is 5.40. The molecule has 0 saturated carbocycles. The lowest BCUT2D eigenvalue weighted by molar-refractivity contribution is -0.143. The van der Waals surface area contributed by atoms with Gasteiger partial charge in [0.2, 0.25) is 5.91 Å². The number of fused-ring (bicyclic) bond motifs is 1. The van der Waals surface area contributed by atoms with Crippen molar-refractivity contribution in [1.82, 2.24) is 9.80 Å². The number of para-hydroxylation sites is 1. The van der Waals surface area contributed by atoms with Crippen molar-refractivity contribution >= 4 is 28.8 Å². The molecule has 37 heavy (non-hydrogen) atoms. The van der Waals surface area contributed by atoms with E-state index in [-0.39, 0.29) is 18.4 Å². The number of ether oxygens (including phenoxy) is 2. The van der Waals surface area contributed by atoms with Crippen molar-refractivity contribution in [2.24, 2.45) is 4.99 Å². The minimum atomic E-state index is -0.510. The average molecular weight is 520 g/mol. The fourth-order valence-electron chi connectivity index (χ4n) is 4.44. The molecule has 7 nitrogen and oxygen atoms in total. The van der Waals surface area contributed by atoms with Gasteiger partial charge >= 0.3 is 5.97 Å². The van der Waals surface area contributed by atoms with Crippen LogP contribution < -0.4 is 4.74 Å². The number of thioether (sulfide) groups is 1. The van der Waals surface area contributed by atoms with Crippen LogP contribution in [0.25, 0.3) is 0 Å². The van der Waals surface area contributed by atoms with Crippen LogP contribution >= 0.6 is 11.8 Å². The zero-order valence-electron chi connectivity index (χ0n) is 21.9. The van der Waals surface area contributed by atoms with Crippen LogP contribution in [0.2, 0.25) is 0 Å². The van der Waals surface area contributed by atoms with E-state index in [9.17, 15) is 9.59 Å². The summed E-state index contributed by atoms with van der Waals surface area (Å²) in [5.41, 5.74) is 2.72. The Hall–Kier alpha value is -3.52. The van der Waals surface area contributed by atoms with Crippen molar-refractivity contribution in [3.8, 4) is 11.5 Å². The Morgan fingerprint density at radius 1 is 1.05 bits per heavy atom. The third-order valence-corrected chi connectivity index (χ3v) is 7.05. The van der Waals surface area contributed by atoms with Gasteiger partial charge in [-0.2, -0.15) is 0 Å². The lowest BCUT2D eigenvalue weighted by atomic mass is 9.93. The number of amides is 1. The number of carbonyl (C=O) groups excluding carboxylic acids is 2. The molecular weight excluding hydrogens is 486 g/mol. The molecule has 0 bridgehead atoms. The van der Waals surface area contributed by atoms with E-state index in [0.717, 1.165) is 22.2 Å². The van der Waals surface area contributed by atoms with Crippen molar-refractivity contribution < 1.29 is 19.1 Å². The number of hydrogen-bond acceptors (Lipinski definition) is 7. The highest BCUT2D eigenvalue weighted by atomic mass is 32.2. The molecule has 0 saturated heterocycles. The maximum Gasteiger partial charge on any atom is 0.338 e. The number of nitrogens with zero attached hydrogens (tertiary/aromatic N) is 3. The van der Waals surface area contributed by atoms with Gasteiger partial charge in [-0.3, -0.25) is 4.79 Å². The summed E-state index contributed by atoms with van der Waals surface area (Å²) in [6.07, 6.45) is -0.0607. The Balaban J connectivity index is 1.75. The molecule has 0 fully saturated rings. The third-order valence-electron chi connectivity index (χ3n) is 6.16. The molecular formula is C29H33N3O4S. The van der Waals surface area contributed by atoms with Gasteiger partial charge in [-0.25, -0.2) is 9.79 Å². The molecule has 1 unspecified atom stereocenters. The summed E-state index contributed by atoms with van der Waals surface area (Å²) in [4.78, 5) is 35.0. The van der Waals surface area contributed by atoms with Crippen LogP contribution in [-0.2, 0) is 14.3 Å². The van der Waals surface area contributed by atoms with Gasteiger partial charge < -0.3 is 19.3 Å². The third kappa shape index (κ3) is 5.91. The molecule has 0 aliphatic carbocycles. The van der Waals surface area contributed by atoms with Gasteiger partial charge in [-0.05, 0) is 69.9 Å². The molecule has 4 rings (SSSR count). The minimum absolute atomic E-state index is 0.0376. The first-order valence-electron chi connectivity index (χ1n) is 12.6. The second-order valence-corrected chi connectivity index (χ2v) is 9.91. The lowest BCUT2D eigenvalue weighted by Crippen LogP contribution is -2.39. The predicted octanol–water partition coefficient (Wildman–Crippen LogP) is 6.26. The molecule has 2 aliphatic rings. The number of esters is 1. The molecule has 8 heteroatoms. The van der Waals surface area contributed by atoms with E-state index in [1.165, 1.54) is 11.8 Å². The Morgan fingerprint density at radius 3 is 2.43 bits per heavy atom. The number of aliphatic imine (C=N–C) groups is 1. The first-order valence-corrected chi connectivity index (χ1v) is 13.5. The molecule has 2 aromatic rings. The van der Waals surface area contributed by atoms with Crippen LogP contribution in [0.3, 0.4) is 0 Å². The highest BCUT2D eigenvalue weighted by Gasteiger charge is 2.41. The summed E-state index contributed by atoms with van der Waals surface area (Å²) >= 11 is 1.47. The normalized spacial score (nSPS) is 16.8. The van der Waals surface area contributed by atoms with E-state index in [1.54, 1.807) is 0 Å². The van der Waals surface area contributed by atoms with E-state index in [2.05, 4.69) is 0 Å². The quantitative estimate of drug-likeness (QED) is 0.364. The minimum Gasteiger partial charge on any atom is -0.459 e. The van der Waals surface area contributed by atoms with E-state index in [1.807, 2.05) is 104 Å². The van der Waals surface area contributed by atoms with Crippen LogP contribution in [-0.4, -0.2) is 46.0 Å². The maximum atomic E-state index is 13.4. The Bertz CT molecular complexity index is 1250. The Labute approximate surface area is 222 Å². The lowest BCUT2D eigenvalue weighted by Gasteiger charge is -2.37. The average Bonchev–Trinajstić information content (AvgIpc) is 3.26. The van der Waals surface area contributed by atoms with Crippen LogP contribution in [0.1, 0.15) is 52.6 Å². The number of hydrogen-bond donors (Lipinski definition) is 0. The Morgan fingerprint density at radius 2 is 1.76 bits per heavy atom. The number of benzene rings is 2. The van der Waals surface area contributed by atoms with E-state index in [0.29, 0.717) is 30.1 Å². The van der Waals surface area contributed by atoms with Gasteiger partial charge in [0, 0.05) is 18.8 Å². The summed E-state index contributed by atoms with van der Waals surface area (Å²) in [6, 6.07) is 16.7. The standard InChI is InChI=1S/C29H33N3O4S/c1-6-31(7-2)25(33)17-22-18-37-29-30-20(5)26(28(34)35-19(3)4)27(32(22)29)21-12-11-15-24(16-21)36-23-13-9-8-10-14-23/h8-16,18-19,27H,6-7,17H2,1-5H3. The van der Waals surface area contributed by atoms with Crippen molar-refractivity contribution in [1.29, 1.82) is 0 Å². The fraction of sp³-hybridized carbons (Fsp3) is 0.345. The first-order chi connectivity index (χ1) is 17.8. The van der Waals surface area contributed by atoms with Crippen LogP contribution in [0.5, 0.6) is 11.5 Å². The first kappa shape index (κ1) is 26.5. The summed E-state index contributed by atoms with van der Waals surface area (Å²) in [6.45, 7) is 10.7. The number of allylic oxidation sites excluding steroid dienone is 1. The SMILES string of the molecule is CCN(CC)C(=O)CC1=CSC2=NC(C)=C(C(=O)OC(C)C)C(c3cccc(Oc4ccccc4)c3)N12. The molecule has 1 atom stereocenters. The highest BCUT2D eigenvalue weighted by Crippen LogP contribution is 2.45. The van der Waals surface area contributed by atoms with Gasteiger partial charge in [-0.15, -0.1) is 0 Å². The maximum absolute atomic E-state index is 13.4. The molecule has 0 aromatic heterocycles. The van der Waals surface area contributed by atoms with Gasteiger partial charge in [0.15, 0.2) is 5.17 Å². The predicted molar refractivity (Wildman–Crippen MR) is 147 cm³/mol. The molecule has 2 heterocycles. The molecule has 0 spiro atoms. The molecule has 1 amide bonds. The zero-order valence-corrected chi connectivity index (χ0v) is 22.7. The number of rotatable bonds is 9. The Kier molecular flexibility index (Phi) is 8.38. The van der Waals surface area contributed by atoms with Crippen LogP contribution in [0.15, 0.2) is 82.0 Å². The van der Waals surface area contributed by atoms with Crippen LogP contribution in [0, 0.1) is 0 Å². The molecule has 2 aromatic carbocycles. The highest BCUT2D eigenvalue weighted by molar-refractivity contribution is 8.16. The van der Waals surface area contributed by atoms with Gasteiger partial charge in [0.05, 0.1) is 29.8 Å². The summed E-state index contributed by atoms with van der Waals surface area (Å²) in [5.74, 6) is 0.994. The van der Waals surface area contributed by atoms with E-state index in [4.69, 9.17) is 14.5 Å². The van der Waals surface area contributed by atoms with Crippen molar-refractivity contribution in [2.45, 2.75) is 53.2 Å². The van der Waals surface area contributed by atoms with Gasteiger partial charge in [-0.1, -0.05) is 42.1 Å². The topological polar surface area (TPSA) is 71.4 Å². The largest absolute Gasteiger partial charge is 0.459 e. The second kappa shape index (κ2) is 11.7. The summed E-state index contributed by atoms with van der Waals surface area (Å²) in [7, 11) is 0. The smallest absolute Gasteiger partial charge is 0.338 e. The second-order valence-electron chi connectivity index (χ2n) is 9.08. The van der Waals surface area contributed by atoms with E-state index < -0.39 is 12.0 Å². The molecule has 0 radical (unpaired) electrons. The summed E-state index contributed by atoms with van der Waals surface area (Å²) in [5, 5.41) is 2.70. The van der Waals surface area contributed by atoms with Gasteiger partial charge in [0.1, 0.15) is 11.5 Å². The zero-order chi connectivity index (χ0) is 26.5. The number of carbonyl (C=O) groups is 2. The monoisotopic (exact) mass is 519 g/mol. The molecule has 194 valence electrons. The van der Waals surface area contributed by atoms with Crippen molar-refractivity contribution in [3.05, 3.63) is 82.5 Å². The summed E-state index contributed by atoms with van der Waals surface area (Å²) < 4.78 is 11.7. The molecule has 2 aliphatic heterocycles. The van der Waals surface area contributed by atoms with Gasteiger partial charge in [0.25, 0.3) is 0 Å². The number of amidine groups is 1. The molecule has 0 N–H and O–H groups in total. The van der Waals surface area contributed by atoms with Crippen molar-refractivity contribution in [2.75, 3.05) is 13.1 Å². The van der Waals surface area contributed by atoms with Crippen molar-refractivity contribution in [3.63, 3.8) is 0 Å². The van der Waals surface area contributed by atoms with Crippen LogP contribution in [0.4, 0.5) is 0 Å². The van der Waals surface area contributed by atoms with E-state index >= 15 is 0 Å².